The van der Waals surface area contributed by atoms with E-state index in [4.69, 9.17) is 0 Å². The molecule has 1 atom stereocenters. The van der Waals surface area contributed by atoms with Crippen LogP contribution < -0.4 is 5.32 Å². The summed E-state index contributed by atoms with van der Waals surface area (Å²) in [7, 11) is 0. The van der Waals surface area contributed by atoms with Gasteiger partial charge in [-0.2, -0.15) is 0 Å². The first kappa shape index (κ1) is 14.9. The first-order chi connectivity index (χ1) is 10.5. The topological polar surface area (TPSA) is 46.2 Å². The average Bonchev–Trinajstić information content (AvgIpc) is 2.51. The number of amides is 1. The van der Waals surface area contributed by atoms with E-state index in [0.29, 0.717) is 16.9 Å². The number of carbonyl (C=O) groups excluding carboxylic acids is 2. The smallest absolute Gasteiger partial charge is 0.251 e. The van der Waals surface area contributed by atoms with Gasteiger partial charge in [-0.15, -0.1) is 11.8 Å². The Kier molecular flexibility index (Phi) is 4.03. The molecule has 0 unspecified atom stereocenters. The van der Waals surface area contributed by atoms with Crippen LogP contribution in [0.1, 0.15) is 31.8 Å². The zero-order valence-electron chi connectivity index (χ0n) is 12.6. The molecule has 4 heteroatoms. The van der Waals surface area contributed by atoms with Gasteiger partial charge in [-0.3, -0.25) is 9.59 Å². The number of thioether (sulfide) groups is 1. The minimum atomic E-state index is -0.465. The Bertz CT molecular complexity index is 737. The molecular weight excluding hydrogens is 294 g/mol. The Balaban J connectivity index is 1.78. The fourth-order valence-corrected chi connectivity index (χ4v) is 3.51. The number of ketones is 1. The van der Waals surface area contributed by atoms with E-state index in [2.05, 4.69) is 5.32 Å². The molecule has 3 rings (SSSR count). The molecule has 112 valence electrons. The van der Waals surface area contributed by atoms with Gasteiger partial charge in [0.05, 0.1) is 0 Å². The molecule has 1 N–H and O–H groups in total. The lowest BCUT2D eigenvalue weighted by molar-refractivity contribution is 0.0864. The highest BCUT2D eigenvalue weighted by Crippen LogP contribution is 2.30. The van der Waals surface area contributed by atoms with Crippen molar-refractivity contribution in [3.8, 4) is 0 Å². The normalized spacial score (nSPS) is 17.0. The van der Waals surface area contributed by atoms with Crippen molar-refractivity contribution in [2.75, 3.05) is 5.75 Å². The van der Waals surface area contributed by atoms with E-state index in [1.165, 1.54) is 0 Å². The molecule has 22 heavy (non-hydrogen) atoms. The lowest BCUT2D eigenvalue weighted by Crippen LogP contribution is -2.44. The summed E-state index contributed by atoms with van der Waals surface area (Å²) >= 11 is 1.61. The second kappa shape index (κ2) is 5.97. The highest BCUT2D eigenvalue weighted by Gasteiger charge is 2.29. The standard InChI is InChI=1S/C18H17NO2S/c1-11-3-6-13(7-4-11)18(21)19-15-10-22-16-8-5-12(2)9-14(16)17(15)20/h3-9,15H,10H2,1-2H3,(H,19,21)/t15-/m1/s1. The fourth-order valence-electron chi connectivity index (χ4n) is 2.45. The van der Waals surface area contributed by atoms with Crippen molar-refractivity contribution in [3.63, 3.8) is 0 Å². The summed E-state index contributed by atoms with van der Waals surface area (Å²) in [6.07, 6.45) is 0. The molecule has 0 saturated heterocycles. The van der Waals surface area contributed by atoms with Crippen LogP contribution in [-0.4, -0.2) is 23.5 Å². The second-order valence-corrected chi connectivity index (χ2v) is 6.63. The van der Waals surface area contributed by atoms with Crippen LogP contribution in [-0.2, 0) is 0 Å². The minimum absolute atomic E-state index is 0.00193. The number of aryl methyl sites for hydroxylation is 2. The van der Waals surface area contributed by atoms with Crippen LogP contribution in [0.3, 0.4) is 0 Å². The molecule has 0 aromatic heterocycles. The summed E-state index contributed by atoms with van der Waals surface area (Å²) in [6, 6.07) is 12.8. The van der Waals surface area contributed by atoms with Gasteiger partial charge in [-0.25, -0.2) is 0 Å². The summed E-state index contributed by atoms with van der Waals surface area (Å²) in [4.78, 5) is 25.8. The van der Waals surface area contributed by atoms with Gasteiger partial charge in [0, 0.05) is 21.8 Å². The molecule has 0 fully saturated rings. The Labute approximate surface area is 134 Å². The van der Waals surface area contributed by atoms with E-state index in [-0.39, 0.29) is 11.7 Å². The van der Waals surface area contributed by atoms with E-state index in [1.54, 1.807) is 23.9 Å². The maximum absolute atomic E-state index is 12.6. The molecule has 2 aromatic carbocycles. The largest absolute Gasteiger partial charge is 0.341 e. The number of carbonyl (C=O) groups is 2. The fraction of sp³-hybridized carbons (Fsp3) is 0.222. The van der Waals surface area contributed by atoms with Gasteiger partial charge in [0.25, 0.3) is 5.91 Å². The van der Waals surface area contributed by atoms with Gasteiger partial charge in [0.2, 0.25) is 0 Å². The third-order valence-corrected chi connectivity index (χ3v) is 4.91. The third kappa shape index (κ3) is 2.92. The van der Waals surface area contributed by atoms with Crippen LogP contribution in [0.25, 0.3) is 0 Å². The van der Waals surface area contributed by atoms with Crippen molar-refractivity contribution in [1.29, 1.82) is 0 Å². The number of benzene rings is 2. The van der Waals surface area contributed by atoms with Gasteiger partial charge in [-0.05, 0) is 38.1 Å². The number of hydrogen-bond acceptors (Lipinski definition) is 3. The number of hydrogen-bond donors (Lipinski definition) is 1. The van der Waals surface area contributed by atoms with Crippen LogP contribution in [0, 0.1) is 13.8 Å². The maximum atomic E-state index is 12.6. The van der Waals surface area contributed by atoms with Gasteiger partial charge < -0.3 is 5.32 Å². The van der Waals surface area contributed by atoms with Gasteiger partial charge >= 0.3 is 0 Å². The number of fused-ring (bicyclic) bond motifs is 1. The van der Waals surface area contributed by atoms with E-state index < -0.39 is 6.04 Å². The molecule has 2 aromatic rings. The summed E-state index contributed by atoms with van der Waals surface area (Å²) in [6.45, 7) is 3.94. The van der Waals surface area contributed by atoms with Crippen molar-refractivity contribution in [2.24, 2.45) is 0 Å². The zero-order chi connectivity index (χ0) is 15.7. The Morgan fingerprint density at radius 3 is 2.50 bits per heavy atom. The molecule has 1 amide bonds. The molecular formula is C18H17NO2S. The lowest BCUT2D eigenvalue weighted by atomic mass is 10.0. The van der Waals surface area contributed by atoms with Crippen LogP contribution in [0.4, 0.5) is 0 Å². The summed E-state index contributed by atoms with van der Waals surface area (Å²) < 4.78 is 0. The molecule has 3 nitrogen and oxygen atoms in total. The lowest BCUT2D eigenvalue weighted by Gasteiger charge is -2.24. The minimum Gasteiger partial charge on any atom is -0.341 e. The van der Waals surface area contributed by atoms with Crippen molar-refractivity contribution in [3.05, 3.63) is 64.7 Å². The maximum Gasteiger partial charge on any atom is 0.251 e. The van der Waals surface area contributed by atoms with Crippen molar-refractivity contribution >= 4 is 23.5 Å². The van der Waals surface area contributed by atoms with Crippen LogP contribution in [0.15, 0.2) is 47.4 Å². The molecule has 0 spiro atoms. The van der Waals surface area contributed by atoms with Gasteiger partial charge in [0.15, 0.2) is 5.78 Å². The highest BCUT2D eigenvalue weighted by molar-refractivity contribution is 7.99. The molecule has 1 heterocycles. The first-order valence-corrected chi connectivity index (χ1v) is 8.18. The monoisotopic (exact) mass is 311 g/mol. The van der Waals surface area contributed by atoms with E-state index in [9.17, 15) is 9.59 Å². The van der Waals surface area contributed by atoms with Crippen LogP contribution in [0.2, 0.25) is 0 Å². The Hall–Kier alpha value is -2.07. The number of nitrogens with one attached hydrogen (secondary N) is 1. The van der Waals surface area contributed by atoms with Gasteiger partial charge in [-0.1, -0.05) is 29.3 Å². The Morgan fingerprint density at radius 1 is 1.09 bits per heavy atom. The molecule has 0 radical (unpaired) electrons. The average molecular weight is 311 g/mol. The van der Waals surface area contributed by atoms with Crippen LogP contribution in [0.5, 0.6) is 0 Å². The summed E-state index contributed by atoms with van der Waals surface area (Å²) in [5.41, 5.74) is 3.45. The third-order valence-electron chi connectivity index (χ3n) is 3.74. The zero-order valence-corrected chi connectivity index (χ0v) is 13.4. The summed E-state index contributed by atoms with van der Waals surface area (Å²) in [5, 5.41) is 2.86. The molecule has 0 bridgehead atoms. The quantitative estimate of drug-likeness (QED) is 0.924. The highest BCUT2D eigenvalue weighted by atomic mass is 32.2. The SMILES string of the molecule is Cc1ccc(C(=O)N[C@@H]2CSc3ccc(C)cc3C2=O)cc1. The predicted octanol–water partition coefficient (Wildman–Crippen LogP) is 3.39. The molecule has 1 aliphatic rings. The van der Waals surface area contributed by atoms with Crippen molar-refractivity contribution in [1.82, 2.24) is 5.32 Å². The van der Waals surface area contributed by atoms with E-state index in [0.717, 1.165) is 16.0 Å². The van der Waals surface area contributed by atoms with Crippen molar-refractivity contribution in [2.45, 2.75) is 24.8 Å². The van der Waals surface area contributed by atoms with Gasteiger partial charge in [0.1, 0.15) is 6.04 Å². The molecule has 0 saturated carbocycles. The first-order valence-electron chi connectivity index (χ1n) is 7.20. The Morgan fingerprint density at radius 2 is 1.77 bits per heavy atom. The predicted molar refractivity (Wildman–Crippen MR) is 88.7 cm³/mol. The van der Waals surface area contributed by atoms with E-state index in [1.807, 2.05) is 44.2 Å². The molecule has 0 aliphatic carbocycles. The molecule has 1 aliphatic heterocycles. The number of Topliss-reactive ketones (excluding diaryl/α,β-unsaturated/α-hetero) is 1. The van der Waals surface area contributed by atoms with E-state index >= 15 is 0 Å². The van der Waals surface area contributed by atoms with Crippen molar-refractivity contribution < 1.29 is 9.59 Å². The number of rotatable bonds is 2. The summed E-state index contributed by atoms with van der Waals surface area (Å²) in [5.74, 6) is 0.375. The second-order valence-electron chi connectivity index (χ2n) is 5.57. The van der Waals surface area contributed by atoms with Crippen LogP contribution >= 0.6 is 11.8 Å².